The van der Waals surface area contributed by atoms with Crippen LogP contribution in [0.5, 0.6) is 5.75 Å². The third-order valence-corrected chi connectivity index (χ3v) is 6.18. The number of phenols is 1. The smallest absolute Gasteiger partial charge is 0.310 e. The highest BCUT2D eigenvalue weighted by molar-refractivity contribution is 6.20. The van der Waals surface area contributed by atoms with Gasteiger partial charge in [0.15, 0.2) is 11.5 Å². The van der Waals surface area contributed by atoms with Crippen molar-refractivity contribution < 1.29 is 33.8 Å². The zero-order chi connectivity index (χ0) is 26.1. The zero-order valence-corrected chi connectivity index (χ0v) is 19.9. The minimum absolute atomic E-state index is 0.00837. The van der Waals surface area contributed by atoms with E-state index in [1.807, 2.05) is 6.07 Å². The van der Waals surface area contributed by atoms with Crippen molar-refractivity contribution in [3.8, 4) is 5.75 Å². The Bertz CT molecular complexity index is 1500. The van der Waals surface area contributed by atoms with Crippen LogP contribution in [0.3, 0.4) is 0 Å². The molecule has 5 rings (SSSR count). The van der Waals surface area contributed by atoms with E-state index in [4.69, 9.17) is 9.15 Å². The number of hydrogen-bond acceptors (Lipinski definition) is 7. The predicted octanol–water partition coefficient (Wildman–Crippen LogP) is 5.03. The van der Waals surface area contributed by atoms with Crippen molar-refractivity contribution in [2.75, 3.05) is 11.5 Å². The lowest BCUT2D eigenvalue weighted by Crippen LogP contribution is -2.31. The van der Waals surface area contributed by atoms with E-state index >= 15 is 0 Å². The number of nitrogens with zero attached hydrogens (tertiary/aromatic N) is 1. The van der Waals surface area contributed by atoms with E-state index < -0.39 is 23.5 Å². The lowest BCUT2D eigenvalue weighted by Gasteiger charge is -2.27. The molecule has 0 radical (unpaired) electrons. The molecular weight excluding hydrogens is 474 g/mol. The molecule has 0 fully saturated rings. The maximum Gasteiger partial charge on any atom is 0.310 e. The standard InChI is InChI=1S/C29H23NO7/c1-2-36-24(32)15-17-7-11-20(12-8-17)30-26(18-9-13-21(31)14-10-18)25(28(34)29(30)35)27(33)23-16-19-5-3-4-6-22(19)37-23/h3-14,16,26,31,34H,2,15H2,1H3. The van der Waals surface area contributed by atoms with Gasteiger partial charge in [0.25, 0.3) is 5.91 Å². The summed E-state index contributed by atoms with van der Waals surface area (Å²) in [5, 5.41) is 21.4. The van der Waals surface area contributed by atoms with Crippen molar-refractivity contribution in [2.24, 2.45) is 0 Å². The van der Waals surface area contributed by atoms with E-state index in [0.717, 1.165) is 0 Å². The molecule has 1 aliphatic rings. The van der Waals surface area contributed by atoms with Gasteiger partial charge in [-0.25, -0.2) is 0 Å². The molecule has 1 aliphatic heterocycles. The van der Waals surface area contributed by atoms with Gasteiger partial charge in [-0.15, -0.1) is 0 Å². The fraction of sp³-hybridized carbons (Fsp3) is 0.138. The molecule has 1 aromatic heterocycles. The maximum absolute atomic E-state index is 13.6. The topological polar surface area (TPSA) is 117 Å². The number of carbonyl (C=O) groups is 3. The van der Waals surface area contributed by atoms with Crippen molar-refractivity contribution in [3.63, 3.8) is 0 Å². The summed E-state index contributed by atoms with van der Waals surface area (Å²) in [5.74, 6) is -2.42. The summed E-state index contributed by atoms with van der Waals surface area (Å²) in [6.45, 7) is 2.01. The van der Waals surface area contributed by atoms with Crippen LogP contribution in [0.4, 0.5) is 5.69 Å². The Kier molecular flexibility index (Phi) is 6.23. The Balaban J connectivity index is 1.55. The van der Waals surface area contributed by atoms with Crippen LogP contribution in [-0.4, -0.2) is 34.5 Å². The number of benzene rings is 3. The van der Waals surface area contributed by atoms with Crippen LogP contribution in [0.2, 0.25) is 0 Å². The highest BCUT2D eigenvalue weighted by Gasteiger charge is 2.45. The second-order valence-corrected chi connectivity index (χ2v) is 8.56. The normalized spacial score (nSPS) is 15.4. The monoisotopic (exact) mass is 497 g/mol. The zero-order valence-electron chi connectivity index (χ0n) is 19.9. The first kappa shape index (κ1) is 23.9. The van der Waals surface area contributed by atoms with E-state index in [1.165, 1.54) is 17.0 Å². The minimum atomic E-state index is -0.982. The molecule has 2 N–H and O–H groups in total. The number of fused-ring (bicyclic) bond motifs is 1. The first-order valence-corrected chi connectivity index (χ1v) is 11.7. The Morgan fingerprint density at radius 3 is 2.35 bits per heavy atom. The third-order valence-electron chi connectivity index (χ3n) is 6.18. The number of hydrogen-bond donors (Lipinski definition) is 2. The quantitative estimate of drug-likeness (QED) is 0.272. The van der Waals surface area contributed by atoms with Gasteiger partial charge in [0, 0.05) is 11.1 Å². The molecule has 0 bridgehead atoms. The van der Waals surface area contributed by atoms with E-state index in [0.29, 0.717) is 27.8 Å². The van der Waals surface area contributed by atoms with Gasteiger partial charge in [0.05, 0.1) is 24.6 Å². The fourth-order valence-electron chi connectivity index (χ4n) is 4.46. The largest absolute Gasteiger partial charge is 0.508 e. The summed E-state index contributed by atoms with van der Waals surface area (Å²) < 4.78 is 10.7. The lowest BCUT2D eigenvalue weighted by molar-refractivity contribution is -0.142. The van der Waals surface area contributed by atoms with Crippen molar-refractivity contribution in [1.29, 1.82) is 0 Å². The number of rotatable bonds is 7. The van der Waals surface area contributed by atoms with Gasteiger partial charge in [0.2, 0.25) is 5.78 Å². The number of aliphatic hydroxyl groups is 1. The number of amides is 1. The molecular formula is C29H23NO7. The van der Waals surface area contributed by atoms with Gasteiger partial charge >= 0.3 is 5.97 Å². The van der Waals surface area contributed by atoms with Gasteiger partial charge in [-0.3, -0.25) is 19.3 Å². The number of ether oxygens (including phenoxy) is 1. The number of Topliss-reactive ketones (excluding diaryl/α,β-unsaturated/α-hetero) is 1. The van der Waals surface area contributed by atoms with Crippen LogP contribution in [-0.2, 0) is 20.7 Å². The molecule has 8 nitrogen and oxygen atoms in total. The molecule has 1 atom stereocenters. The van der Waals surface area contributed by atoms with Gasteiger partial charge in [-0.05, 0) is 54.4 Å². The minimum Gasteiger partial charge on any atom is -0.508 e. The molecule has 0 spiro atoms. The van der Waals surface area contributed by atoms with E-state index in [-0.39, 0.29) is 36.1 Å². The lowest BCUT2D eigenvalue weighted by atomic mass is 9.94. The molecule has 186 valence electrons. The molecule has 37 heavy (non-hydrogen) atoms. The Morgan fingerprint density at radius 1 is 0.973 bits per heavy atom. The van der Waals surface area contributed by atoms with Gasteiger partial charge in [0.1, 0.15) is 11.3 Å². The summed E-state index contributed by atoms with van der Waals surface area (Å²) in [6, 6.07) is 20.4. The molecule has 3 aromatic carbocycles. The SMILES string of the molecule is CCOC(=O)Cc1ccc(N2C(=O)C(O)=C(C(=O)c3cc4ccccc4o3)C2c2ccc(O)cc2)cc1. The van der Waals surface area contributed by atoms with Crippen molar-refractivity contribution in [3.05, 3.63) is 107 Å². The summed E-state index contributed by atoms with van der Waals surface area (Å²) in [6.07, 6.45) is 0.0722. The summed E-state index contributed by atoms with van der Waals surface area (Å²) in [7, 11) is 0. The Labute approximate surface area is 212 Å². The number of carbonyl (C=O) groups excluding carboxylic acids is 3. The van der Waals surface area contributed by atoms with E-state index in [1.54, 1.807) is 67.6 Å². The van der Waals surface area contributed by atoms with Crippen molar-refractivity contribution >= 4 is 34.3 Å². The van der Waals surface area contributed by atoms with Crippen LogP contribution in [0.15, 0.2) is 94.6 Å². The van der Waals surface area contributed by atoms with Gasteiger partial charge in [-0.2, -0.15) is 0 Å². The summed E-state index contributed by atoms with van der Waals surface area (Å²) in [4.78, 5) is 40.1. The van der Waals surface area contributed by atoms with E-state index in [2.05, 4.69) is 0 Å². The second kappa shape index (κ2) is 9.66. The number of aliphatic hydroxyl groups excluding tert-OH is 1. The molecule has 1 unspecified atom stereocenters. The van der Waals surface area contributed by atoms with Crippen molar-refractivity contribution in [2.45, 2.75) is 19.4 Å². The van der Waals surface area contributed by atoms with Gasteiger partial charge < -0.3 is 19.4 Å². The third kappa shape index (κ3) is 4.45. The average molecular weight is 498 g/mol. The maximum atomic E-state index is 13.6. The van der Waals surface area contributed by atoms with Crippen LogP contribution in [0.25, 0.3) is 11.0 Å². The highest BCUT2D eigenvalue weighted by Crippen LogP contribution is 2.42. The molecule has 2 heterocycles. The van der Waals surface area contributed by atoms with Crippen LogP contribution in [0, 0.1) is 0 Å². The first-order chi connectivity index (χ1) is 17.9. The molecule has 4 aromatic rings. The molecule has 1 amide bonds. The molecule has 0 saturated carbocycles. The number of ketones is 1. The Morgan fingerprint density at radius 2 is 1.68 bits per heavy atom. The number of esters is 1. The number of anilines is 1. The van der Waals surface area contributed by atoms with Gasteiger partial charge in [-0.1, -0.05) is 42.5 Å². The highest BCUT2D eigenvalue weighted by atomic mass is 16.5. The summed E-state index contributed by atoms with van der Waals surface area (Å²) >= 11 is 0. The second-order valence-electron chi connectivity index (χ2n) is 8.56. The van der Waals surface area contributed by atoms with Crippen LogP contribution in [0.1, 0.15) is 34.6 Å². The number of aromatic hydroxyl groups is 1. The molecule has 0 saturated heterocycles. The molecule has 8 heteroatoms. The summed E-state index contributed by atoms with van der Waals surface area (Å²) in [5.41, 5.74) is 1.97. The number of phenolic OH excluding ortho intramolecular Hbond substituents is 1. The predicted molar refractivity (Wildman–Crippen MR) is 135 cm³/mol. The van der Waals surface area contributed by atoms with Crippen molar-refractivity contribution in [1.82, 2.24) is 0 Å². The van der Waals surface area contributed by atoms with Crippen LogP contribution < -0.4 is 4.90 Å². The molecule has 0 aliphatic carbocycles. The van der Waals surface area contributed by atoms with Crippen LogP contribution >= 0.6 is 0 Å². The average Bonchev–Trinajstić information content (AvgIpc) is 3.44. The Hall–Kier alpha value is -4.85. The first-order valence-electron chi connectivity index (χ1n) is 11.7. The van der Waals surface area contributed by atoms with E-state index in [9.17, 15) is 24.6 Å². The fourth-order valence-corrected chi connectivity index (χ4v) is 4.46. The number of para-hydroxylation sites is 1. The number of furan rings is 1.